The number of hydrogen-bond acceptors (Lipinski definition) is 4. The fourth-order valence-electron chi connectivity index (χ4n) is 4.31. The van der Waals surface area contributed by atoms with Crippen LogP contribution in [0.3, 0.4) is 0 Å². The predicted molar refractivity (Wildman–Crippen MR) is 146 cm³/mol. The molecule has 5 rings (SSSR count). The Hall–Kier alpha value is -3.75. The van der Waals surface area contributed by atoms with E-state index < -0.39 is 15.6 Å². The minimum atomic E-state index is -4.57. The molecule has 0 amide bonds. The molecule has 8 heteroatoms. The molecular weight excluding hydrogens is 529 g/mol. The molecule has 0 bridgehead atoms. The van der Waals surface area contributed by atoms with E-state index in [0.29, 0.717) is 22.3 Å². The molecule has 0 saturated heterocycles. The van der Waals surface area contributed by atoms with Crippen LogP contribution in [0.1, 0.15) is 27.8 Å². The van der Waals surface area contributed by atoms with Crippen molar-refractivity contribution in [3.8, 4) is 0 Å². The van der Waals surface area contributed by atoms with Gasteiger partial charge in [-0.25, -0.2) is 0 Å². The fraction of sp³-hybridized carbons (Fsp3) is 0.0667. The van der Waals surface area contributed by atoms with Crippen LogP contribution in [0, 0.1) is 6.92 Å². The number of allylic oxidation sites excluding steroid dienone is 2. The number of benzene rings is 4. The SMILES string of the molecule is Cc1ccc(S(=O)(=O)O/C(=C2\C(c3ccccc3)=C(SC(F)(F)F)c3ccccc32)c2ccccc2)cc1. The van der Waals surface area contributed by atoms with Crippen molar-refractivity contribution in [1.82, 2.24) is 0 Å². The molecule has 0 heterocycles. The van der Waals surface area contributed by atoms with Crippen LogP contribution < -0.4 is 0 Å². The van der Waals surface area contributed by atoms with E-state index in [1.54, 1.807) is 97.1 Å². The molecule has 0 unspecified atom stereocenters. The van der Waals surface area contributed by atoms with Crippen LogP contribution in [0.4, 0.5) is 13.2 Å². The molecule has 38 heavy (non-hydrogen) atoms. The Morgan fingerprint density at radius 2 is 1.29 bits per heavy atom. The molecule has 0 saturated carbocycles. The molecule has 0 radical (unpaired) electrons. The lowest BCUT2D eigenvalue weighted by Crippen LogP contribution is -2.08. The predicted octanol–water partition coefficient (Wildman–Crippen LogP) is 8.40. The van der Waals surface area contributed by atoms with Gasteiger partial charge in [0.05, 0.1) is 0 Å². The van der Waals surface area contributed by atoms with Gasteiger partial charge in [0.15, 0.2) is 5.76 Å². The average Bonchev–Trinajstić information content (AvgIpc) is 3.21. The molecule has 0 aromatic heterocycles. The van der Waals surface area contributed by atoms with Crippen molar-refractivity contribution < 1.29 is 25.8 Å². The molecule has 1 aliphatic carbocycles. The van der Waals surface area contributed by atoms with Gasteiger partial charge in [-0.3, -0.25) is 0 Å². The Morgan fingerprint density at radius 3 is 1.89 bits per heavy atom. The third-order valence-electron chi connectivity index (χ3n) is 5.96. The summed E-state index contributed by atoms with van der Waals surface area (Å²) >= 11 is -0.217. The van der Waals surface area contributed by atoms with Gasteiger partial charge in [0.25, 0.3) is 0 Å². The largest absolute Gasteiger partial charge is 0.446 e. The summed E-state index contributed by atoms with van der Waals surface area (Å²) in [5.41, 5.74) is -1.43. The normalized spacial score (nSPS) is 14.8. The van der Waals surface area contributed by atoms with Crippen molar-refractivity contribution in [3.05, 3.63) is 137 Å². The number of fused-ring (bicyclic) bond motifs is 1. The summed E-state index contributed by atoms with van der Waals surface area (Å²) in [6.07, 6.45) is 0. The van der Waals surface area contributed by atoms with Crippen molar-refractivity contribution in [2.24, 2.45) is 0 Å². The second-order valence-corrected chi connectivity index (χ2v) is 11.2. The van der Waals surface area contributed by atoms with E-state index in [-0.39, 0.29) is 38.5 Å². The standard InChI is InChI=1S/C30H21F3O3S2/c1-20-16-18-23(19-17-20)38(34,35)36-28(22-12-6-3-7-13-22)27-24-14-8-9-15-25(24)29(37-30(31,32)33)26(27)21-10-4-2-5-11-21/h2-19H,1H3/b28-27-. The minimum absolute atomic E-state index is 0.0148. The Balaban J connectivity index is 1.84. The molecule has 4 aromatic rings. The number of alkyl halides is 3. The second kappa shape index (κ2) is 10.2. The van der Waals surface area contributed by atoms with Crippen LogP contribution in [0.2, 0.25) is 0 Å². The maximum Gasteiger partial charge on any atom is 0.446 e. The molecule has 0 aliphatic heterocycles. The Kier molecular flexibility index (Phi) is 6.94. The Morgan fingerprint density at radius 1 is 0.737 bits per heavy atom. The van der Waals surface area contributed by atoms with Crippen molar-refractivity contribution in [1.29, 1.82) is 0 Å². The number of hydrogen-bond donors (Lipinski definition) is 0. The summed E-state index contributed by atoms with van der Waals surface area (Å²) in [5.74, 6) is -0.0461. The number of rotatable bonds is 6. The van der Waals surface area contributed by atoms with Crippen LogP contribution in [0.25, 0.3) is 21.8 Å². The molecule has 0 N–H and O–H groups in total. The van der Waals surface area contributed by atoms with E-state index in [1.807, 2.05) is 6.92 Å². The fourth-order valence-corrected chi connectivity index (χ4v) is 6.11. The second-order valence-electron chi connectivity index (χ2n) is 8.58. The lowest BCUT2D eigenvalue weighted by Gasteiger charge is -2.18. The number of thioether (sulfide) groups is 1. The summed E-state index contributed by atoms with van der Waals surface area (Å²) in [4.78, 5) is -0.0717. The quantitative estimate of drug-likeness (QED) is 0.179. The minimum Gasteiger partial charge on any atom is -0.378 e. The Bertz CT molecular complexity index is 1640. The van der Waals surface area contributed by atoms with Crippen LogP contribution in [0.5, 0.6) is 0 Å². The van der Waals surface area contributed by atoms with Crippen LogP contribution in [-0.2, 0) is 14.3 Å². The van der Waals surface area contributed by atoms with Gasteiger partial charge in [-0.1, -0.05) is 103 Å². The summed E-state index contributed by atoms with van der Waals surface area (Å²) in [6.45, 7) is 1.83. The summed E-state index contributed by atoms with van der Waals surface area (Å²) < 4.78 is 74.4. The van der Waals surface area contributed by atoms with Crippen molar-refractivity contribution in [3.63, 3.8) is 0 Å². The van der Waals surface area contributed by atoms with Gasteiger partial charge in [-0.2, -0.15) is 21.6 Å². The maximum absolute atomic E-state index is 13.9. The van der Waals surface area contributed by atoms with E-state index in [2.05, 4.69) is 0 Å². The highest BCUT2D eigenvalue weighted by molar-refractivity contribution is 8.09. The topological polar surface area (TPSA) is 43.4 Å². The number of halogens is 3. The lowest BCUT2D eigenvalue weighted by atomic mass is 9.94. The molecule has 1 aliphatic rings. The average molecular weight is 551 g/mol. The summed E-state index contributed by atoms with van der Waals surface area (Å²) in [7, 11) is -4.33. The van der Waals surface area contributed by atoms with Gasteiger partial charge < -0.3 is 4.18 Å². The first-order valence-electron chi connectivity index (χ1n) is 11.6. The van der Waals surface area contributed by atoms with Crippen molar-refractivity contribution >= 4 is 43.7 Å². The van der Waals surface area contributed by atoms with Gasteiger partial charge in [0, 0.05) is 21.6 Å². The van der Waals surface area contributed by atoms with Gasteiger partial charge in [0.2, 0.25) is 0 Å². The van der Waals surface area contributed by atoms with Gasteiger partial charge in [0.1, 0.15) is 4.90 Å². The molecule has 0 spiro atoms. The third kappa shape index (κ3) is 5.28. The molecule has 4 aromatic carbocycles. The zero-order valence-electron chi connectivity index (χ0n) is 20.1. The van der Waals surface area contributed by atoms with E-state index in [0.717, 1.165) is 5.56 Å². The summed E-state index contributed by atoms with van der Waals surface area (Å²) in [5, 5.41) is 0. The number of aryl methyl sites for hydroxylation is 1. The third-order valence-corrected chi connectivity index (χ3v) is 8.06. The molecule has 192 valence electrons. The van der Waals surface area contributed by atoms with Crippen LogP contribution in [-0.4, -0.2) is 13.9 Å². The van der Waals surface area contributed by atoms with Crippen LogP contribution in [0.15, 0.2) is 114 Å². The monoisotopic (exact) mass is 550 g/mol. The van der Waals surface area contributed by atoms with Crippen molar-refractivity contribution in [2.75, 3.05) is 0 Å². The Labute approximate surface area is 223 Å². The van der Waals surface area contributed by atoms with Gasteiger partial charge in [-0.15, -0.1) is 0 Å². The highest BCUT2D eigenvalue weighted by Crippen LogP contribution is 2.57. The molecule has 0 fully saturated rings. The first-order chi connectivity index (χ1) is 18.1. The lowest BCUT2D eigenvalue weighted by molar-refractivity contribution is -0.0317. The molecule has 0 atom stereocenters. The molecular formula is C30H21F3O3S2. The van der Waals surface area contributed by atoms with Gasteiger partial charge in [-0.05, 0) is 47.5 Å². The van der Waals surface area contributed by atoms with Gasteiger partial charge >= 0.3 is 15.6 Å². The van der Waals surface area contributed by atoms with E-state index in [4.69, 9.17) is 4.18 Å². The highest BCUT2D eigenvalue weighted by Gasteiger charge is 2.39. The van der Waals surface area contributed by atoms with E-state index >= 15 is 0 Å². The maximum atomic E-state index is 13.9. The molecule has 3 nitrogen and oxygen atoms in total. The smallest absolute Gasteiger partial charge is 0.378 e. The van der Waals surface area contributed by atoms with Crippen molar-refractivity contribution in [2.45, 2.75) is 17.3 Å². The first kappa shape index (κ1) is 25.9. The van der Waals surface area contributed by atoms with E-state index in [1.165, 1.54) is 12.1 Å². The first-order valence-corrected chi connectivity index (χ1v) is 13.8. The highest BCUT2D eigenvalue weighted by atomic mass is 32.2. The zero-order valence-corrected chi connectivity index (χ0v) is 21.7. The van der Waals surface area contributed by atoms with Crippen LogP contribution >= 0.6 is 11.8 Å². The summed E-state index contributed by atoms with van der Waals surface area (Å²) in [6, 6.07) is 30.0. The van der Waals surface area contributed by atoms with E-state index in [9.17, 15) is 21.6 Å². The zero-order chi connectivity index (χ0) is 26.9.